The first-order valence-electron chi connectivity index (χ1n) is 5.96. The Morgan fingerprint density at radius 1 is 1.47 bits per heavy atom. The number of anilines is 1. The van der Waals surface area contributed by atoms with Gasteiger partial charge in [0.25, 0.3) is 0 Å². The zero-order valence-corrected chi connectivity index (χ0v) is 9.78. The number of hydrogen-bond donors (Lipinski definition) is 2. The zero-order chi connectivity index (χ0) is 12.1. The summed E-state index contributed by atoms with van der Waals surface area (Å²) in [6, 6.07) is 7.77. The van der Waals surface area contributed by atoms with Gasteiger partial charge >= 0.3 is 0 Å². The molecule has 1 unspecified atom stereocenters. The van der Waals surface area contributed by atoms with Crippen molar-refractivity contribution in [2.24, 2.45) is 0 Å². The van der Waals surface area contributed by atoms with Gasteiger partial charge in [-0.25, -0.2) is 0 Å². The van der Waals surface area contributed by atoms with Crippen LogP contribution in [0.4, 0.5) is 5.69 Å². The molecule has 0 bridgehead atoms. The lowest BCUT2D eigenvalue weighted by molar-refractivity contribution is 0.238. The van der Waals surface area contributed by atoms with Crippen molar-refractivity contribution in [3.63, 3.8) is 0 Å². The van der Waals surface area contributed by atoms with Crippen molar-refractivity contribution >= 4 is 5.69 Å². The van der Waals surface area contributed by atoms with Gasteiger partial charge < -0.3 is 15.8 Å². The number of nitrogen functional groups attached to an aromatic ring is 1. The number of hydrogen-bond acceptors (Lipinski definition) is 4. The minimum Gasteiger partial charge on any atom is -0.490 e. The molecule has 3 N–H and O–H groups in total. The molecule has 1 aromatic carbocycles. The molecular weight excluding hydrogens is 214 g/mol. The molecule has 17 heavy (non-hydrogen) atoms. The number of nitrogens with one attached hydrogen (secondary N) is 1. The molecule has 1 atom stereocenters. The SMILES string of the molecule is N#Cc1c(N)cccc1OCC1CCCCN1. The van der Waals surface area contributed by atoms with Crippen LogP contribution in [0.25, 0.3) is 0 Å². The summed E-state index contributed by atoms with van der Waals surface area (Å²) < 4.78 is 5.68. The molecule has 0 aliphatic carbocycles. The van der Waals surface area contributed by atoms with Gasteiger partial charge in [0.15, 0.2) is 0 Å². The third kappa shape index (κ3) is 2.89. The van der Waals surface area contributed by atoms with Crippen molar-refractivity contribution in [2.45, 2.75) is 25.3 Å². The Bertz CT molecular complexity index is 419. The summed E-state index contributed by atoms with van der Waals surface area (Å²) in [5.41, 5.74) is 6.63. The maximum Gasteiger partial charge on any atom is 0.139 e. The van der Waals surface area contributed by atoms with E-state index in [1.54, 1.807) is 18.2 Å². The molecule has 1 aromatic rings. The largest absolute Gasteiger partial charge is 0.490 e. The second-order valence-electron chi connectivity index (χ2n) is 4.29. The van der Waals surface area contributed by atoms with E-state index in [4.69, 9.17) is 15.7 Å². The van der Waals surface area contributed by atoms with Gasteiger partial charge in [-0.2, -0.15) is 5.26 Å². The van der Waals surface area contributed by atoms with Crippen molar-refractivity contribution in [1.82, 2.24) is 5.32 Å². The van der Waals surface area contributed by atoms with E-state index in [2.05, 4.69) is 11.4 Å². The summed E-state index contributed by atoms with van der Waals surface area (Å²) in [5.74, 6) is 0.583. The summed E-state index contributed by atoms with van der Waals surface area (Å²) in [7, 11) is 0. The van der Waals surface area contributed by atoms with Crippen LogP contribution in [0.15, 0.2) is 18.2 Å². The highest BCUT2D eigenvalue weighted by Crippen LogP contribution is 2.23. The Morgan fingerprint density at radius 3 is 3.06 bits per heavy atom. The minimum absolute atomic E-state index is 0.386. The van der Waals surface area contributed by atoms with E-state index in [1.165, 1.54) is 12.8 Å². The lowest BCUT2D eigenvalue weighted by Crippen LogP contribution is -2.38. The van der Waals surface area contributed by atoms with Gasteiger partial charge in [-0.3, -0.25) is 0 Å². The van der Waals surface area contributed by atoms with E-state index in [0.29, 0.717) is 29.6 Å². The number of benzene rings is 1. The fourth-order valence-electron chi connectivity index (χ4n) is 2.04. The van der Waals surface area contributed by atoms with E-state index in [0.717, 1.165) is 13.0 Å². The summed E-state index contributed by atoms with van der Waals surface area (Å²) >= 11 is 0. The van der Waals surface area contributed by atoms with Crippen LogP contribution in [-0.2, 0) is 0 Å². The summed E-state index contributed by atoms with van der Waals surface area (Å²) in [6.07, 6.45) is 3.60. The van der Waals surface area contributed by atoms with Crippen LogP contribution in [0.2, 0.25) is 0 Å². The molecule has 1 aliphatic rings. The predicted molar refractivity (Wildman–Crippen MR) is 66.7 cm³/mol. The van der Waals surface area contributed by atoms with Crippen LogP contribution in [0.5, 0.6) is 5.75 Å². The molecule has 0 spiro atoms. The lowest BCUT2D eigenvalue weighted by Gasteiger charge is -2.23. The predicted octanol–water partition coefficient (Wildman–Crippen LogP) is 1.66. The maximum absolute atomic E-state index is 9.01. The number of piperidine rings is 1. The van der Waals surface area contributed by atoms with Gasteiger partial charge in [0.05, 0.1) is 5.69 Å². The molecule has 4 nitrogen and oxygen atoms in total. The molecule has 4 heteroatoms. The maximum atomic E-state index is 9.01. The number of nitrogens with two attached hydrogens (primary N) is 1. The van der Waals surface area contributed by atoms with Crippen LogP contribution in [-0.4, -0.2) is 19.2 Å². The first-order valence-corrected chi connectivity index (χ1v) is 5.96. The molecule has 1 heterocycles. The molecule has 0 aromatic heterocycles. The second-order valence-corrected chi connectivity index (χ2v) is 4.29. The third-order valence-electron chi connectivity index (χ3n) is 3.02. The third-order valence-corrected chi connectivity index (χ3v) is 3.02. The molecule has 0 amide bonds. The van der Waals surface area contributed by atoms with E-state index in [9.17, 15) is 0 Å². The van der Waals surface area contributed by atoms with Crippen LogP contribution >= 0.6 is 0 Å². The van der Waals surface area contributed by atoms with Crippen molar-refractivity contribution in [3.05, 3.63) is 23.8 Å². The quantitative estimate of drug-likeness (QED) is 0.776. The first-order chi connectivity index (χ1) is 8.31. The van der Waals surface area contributed by atoms with Crippen LogP contribution in [0.3, 0.4) is 0 Å². The van der Waals surface area contributed by atoms with Gasteiger partial charge in [0, 0.05) is 6.04 Å². The standard InChI is InChI=1S/C13H17N3O/c14-8-11-12(15)5-3-6-13(11)17-9-10-4-1-2-7-16-10/h3,5-6,10,16H,1-2,4,7,9,15H2. The Kier molecular flexibility index (Phi) is 3.84. The second kappa shape index (κ2) is 5.55. The fraction of sp³-hybridized carbons (Fsp3) is 0.462. The molecule has 2 rings (SSSR count). The summed E-state index contributed by atoms with van der Waals surface area (Å²) in [6.45, 7) is 1.65. The molecule has 1 fully saturated rings. The Balaban J connectivity index is 1.99. The van der Waals surface area contributed by atoms with E-state index in [1.807, 2.05) is 0 Å². The monoisotopic (exact) mass is 231 g/mol. The molecule has 0 radical (unpaired) electrons. The van der Waals surface area contributed by atoms with Gasteiger partial charge in [0.1, 0.15) is 24.0 Å². The van der Waals surface area contributed by atoms with Crippen LogP contribution in [0.1, 0.15) is 24.8 Å². The highest BCUT2D eigenvalue weighted by atomic mass is 16.5. The fourth-order valence-corrected chi connectivity index (χ4v) is 2.04. The highest BCUT2D eigenvalue weighted by Gasteiger charge is 2.14. The zero-order valence-electron chi connectivity index (χ0n) is 9.78. The Morgan fingerprint density at radius 2 is 2.35 bits per heavy atom. The number of nitriles is 1. The molecule has 0 saturated carbocycles. The molecule has 1 aliphatic heterocycles. The lowest BCUT2D eigenvalue weighted by atomic mass is 10.1. The summed E-state index contributed by atoms with van der Waals surface area (Å²) in [4.78, 5) is 0. The highest BCUT2D eigenvalue weighted by molar-refractivity contribution is 5.60. The topological polar surface area (TPSA) is 71.1 Å². The van der Waals surface area contributed by atoms with Crippen LogP contribution < -0.4 is 15.8 Å². The molecular formula is C13H17N3O. The number of rotatable bonds is 3. The van der Waals surface area contributed by atoms with E-state index in [-0.39, 0.29) is 0 Å². The van der Waals surface area contributed by atoms with Crippen molar-refractivity contribution < 1.29 is 4.74 Å². The average molecular weight is 231 g/mol. The smallest absolute Gasteiger partial charge is 0.139 e. The van der Waals surface area contributed by atoms with Crippen molar-refractivity contribution in [1.29, 1.82) is 5.26 Å². The summed E-state index contributed by atoms with van der Waals surface area (Å²) in [5, 5.41) is 12.4. The number of nitrogens with zero attached hydrogens (tertiary/aromatic N) is 1. The van der Waals surface area contributed by atoms with Gasteiger partial charge in [-0.05, 0) is 31.5 Å². The Hall–Kier alpha value is -1.73. The molecule has 1 saturated heterocycles. The van der Waals surface area contributed by atoms with Crippen molar-refractivity contribution in [2.75, 3.05) is 18.9 Å². The van der Waals surface area contributed by atoms with E-state index < -0.39 is 0 Å². The van der Waals surface area contributed by atoms with Gasteiger partial charge in [-0.15, -0.1) is 0 Å². The average Bonchev–Trinajstić information content (AvgIpc) is 2.37. The normalized spacial score (nSPS) is 19.6. The van der Waals surface area contributed by atoms with Crippen molar-refractivity contribution in [3.8, 4) is 11.8 Å². The Labute approximate surface area is 101 Å². The van der Waals surface area contributed by atoms with E-state index >= 15 is 0 Å². The van der Waals surface area contributed by atoms with Gasteiger partial charge in [0.2, 0.25) is 0 Å². The number of ether oxygens (including phenoxy) is 1. The first kappa shape index (κ1) is 11.7. The van der Waals surface area contributed by atoms with Crippen LogP contribution in [0, 0.1) is 11.3 Å². The minimum atomic E-state index is 0.386. The van der Waals surface area contributed by atoms with Gasteiger partial charge in [-0.1, -0.05) is 12.5 Å². The molecule has 90 valence electrons.